The first-order valence-corrected chi connectivity index (χ1v) is 5.70. The number of hydrogen-bond donors (Lipinski definition) is 0. The second kappa shape index (κ2) is 5.65. The van der Waals surface area contributed by atoms with Crippen molar-refractivity contribution in [3.05, 3.63) is 65.5 Å². The molecule has 0 fully saturated rings. The number of rotatable bonds is 4. The minimum absolute atomic E-state index is 0.234. The summed E-state index contributed by atoms with van der Waals surface area (Å²) in [6, 6.07) is 12.7. The van der Waals surface area contributed by atoms with Crippen molar-refractivity contribution in [3.63, 3.8) is 0 Å². The summed E-state index contributed by atoms with van der Waals surface area (Å²) in [5.74, 6) is 0.214. The van der Waals surface area contributed by atoms with Gasteiger partial charge in [0.05, 0.1) is 0 Å². The van der Waals surface area contributed by atoms with Crippen molar-refractivity contribution in [1.82, 2.24) is 0 Å². The van der Waals surface area contributed by atoms with E-state index in [9.17, 15) is 9.18 Å². The summed E-state index contributed by atoms with van der Waals surface area (Å²) in [7, 11) is 0. The van der Waals surface area contributed by atoms with Crippen LogP contribution in [-0.2, 0) is 6.61 Å². The Morgan fingerprint density at radius 2 is 1.94 bits per heavy atom. The van der Waals surface area contributed by atoms with Crippen molar-refractivity contribution in [3.8, 4) is 5.75 Å². The number of ether oxygens (including phenoxy) is 1. The highest BCUT2D eigenvalue weighted by Gasteiger charge is 2.03. The molecule has 0 unspecified atom stereocenters. The smallest absolute Gasteiger partial charge is 0.252 e. The number of benzene rings is 2. The summed E-state index contributed by atoms with van der Waals surface area (Å²) in [5.41, 5.74) is 1.09. The van der Waals surface area contributed by atoms with Crippen LogP contribution in [0.15, 0.2) is 48.5 Å². The number of halogens is 2. The Kier molecular flexibility index (Phi) is 3.95. The fourth-order valence-corrected chi connectivity index (χ4v) is 1.62. The maximum atomic E-state index is 12.9. The lowest BCUT2D eigenvalue weighted by molar-refractivity contribution is 0.108. The topological polar surface area (TPSA) is 26.3 Å². The highest BCUT2D eigenvalue weighted by Crippen LogP contribution is 2.16. The summed E-state index contributed by atoms with van der Waals surface area (Å²) in [6.07, 6.45) is 0. The summed E-state index contributed by atoms with van der Waals surface area (Å²) < 4.78 is 18.4. The van der Waals surface area contributed by atoms with Crippen LogP contribution in [0.1, 0.15) is 15.9 Å². The lowest BCUT2D eigenvalue weighted by Gasteiger charge is -2.07. The second-order valence-corrected chi connectivity index (χ2v) is 4.06. The zero-order valence-electron chi connectivity index (χ0n) is 9.40. The Bertz CT molecular complexity index is 569. The lowest BCUT2D eigenvalue weighted by atomic mass is 10.2. The first-order chi connectivity index (χ1) is 8.65. The zero-order chi connectivity index (χ0) is 13.0. The SMILES string of the molecule is O=C(Cl)c1cccc(OCc2cccc(F)c2)c1. The molecule has 0 aliphatic rings. The van der Waals surface area contributed by atoms with Gasteiger partial charge in [-0.05, 0) is 47.5 Å². The molecule has 2 aromatic rings. The molecule has 0 heterocycles. The van der Waals surface area contributed by atoms with Gasteiger partial charge in [0, 0.05) is 5.56 Å². The van der Waals surface area contributed by atoms with E-state index in [1.54, 1.807) is 36.4 Å². The van der Waals surface area contributed by atoms with Gasteiger partial charge in [0.15, 0.2) is 0 Å². The van der Waals surface area contributed by atoms with Gasteiger partial charge in [-0.25, -0.2) is 4.39 Å². The van der Waals surface area contributed by atoms with E-state index in [1.807, 2.05) is 0 Å². The molecule has 2 aromatic carbocycles. The molecule has 0 amide bonds. The van der Waals surface area contributed by atoms with Crippen LogP contribution in [0.2, 0.25) is 0 Å². The monoisotopic (exact) mass is 264 g/mol. The van der Waals surface area contributed by atoms with Crippen LogP contribution in [-0.4, -0.2) is 5.24 Å². The van der Waals surface area contributed by atoms with Crippen molar-refractivity contribution in [2.75, 3.05) is 0 Å². The third kappa shape index (κ3) is 3.31. The van der Waals surface area contributed by atoms with Gasteiger partial charge in [-0.1, -0.05) is 18.2 Å². The lowest BCUT2D eigenvalue weighted by Crippen LogP contribution is -1.97. The summed E-state index contributed by atoms with van der Waals surface area (Å²) in [5, 5.41) is -0.536. The van der Waals surface area contributed by atoms with Gasteiger partial charge < -0.3 is 4.74 Å². The fraction of sp³-hybridized carbons (Fsp3) is 0.0714. The Labute approximate surface area is 109 Å². The molecule has 0 saturated heterocycles. The van der Waals surface area contributed by atoms with Gasteiger partial charge in [-0.2, -0.15) is 0 Å². The van der Waals surface area contributed by atoms with Crippen LogP contribution in [0.25, 0.3) is 0 Å². The van der Waals surface area contributed by atoms with Crippen molar-refractivity contribution in [1.29, 1.82) is 0 Å². The van der Waals surface area contributed by atoms with E-state index in [0.29, 0.717) is 11.3 Å². The fourth-order valence-electron chi connectivity index (χ4n) is 1.50. The molecule has 2 nitrogen and oxygen atoms in total. The maximum Gasteiger partial charge on any atom is 0.252 e. The molecule has 2 rings (SSSR count). The molecule has 0 bridgehead atoms. The number of hydrogen-bond acceptors (Lipinski definition) is 2. The standard InChI is InChI=1S/C14H10ClFO2/c15-14(17)11-4-2-6-13(8-11)18-9-10-3-1-5-12(16)7-10/h1-8H,9H2. The summed E-state index contributed by atoms with van der Waals surface area (Å²) in [4.78, 5) is 11.0. The molecule has 0 N–H and O–H groups in total. The molecule has 0 aromatic heterocycles. The minimum atomic E-state index is -0.536. The van der Waals surface area contributed by atoms with Gasteiger partial charge in [0.25, 0.3) is 5.24 Å². The number of carbonyl (C=O) groups excluding carboxylic acids is 1. The summed E-state index contributed by atoms with van der Waals surface area (Å²) in [6.45, 7) is 0.234. The highest BCUT2D eigenvalue weighted by molar-refractivity contribution is 6.67. The van der Waals surface area contributed by atoms with Gasteiger partial charge in [-0.15, -0.1) is 0 Å². The molecule has 0 radical (unpaired) electrons. The van der Waals surface area contributed by atoms with Gasteiger partial charge in [-0.3, -0.25) is 4.79 Å². The van der Waals surface area contributed by atoms with E-state index in [1.165, 1.54) is 12.1 Å². The molecule has 18 heavy (non-hydrogen) atoms. The van der Waals surface area contributed by atoms with Crippen LogP contribution in [0, 0.1) is 5.82 Å². The zero-order valence-corrected chi connectivity index (χ0v) is 10.2. The third-order valence-electron chi connectivity index (χ3n) is 2.36. The summed E-state index contributed by atoms with van der Waals surface area (Å²) >= 11 is 5.37. The number of carbonyl (C=O) groups is 1. The van der Waals surface area contributed by atoms with Crippen LogP contribution >= 0.6 is 11.6 Å². The quantitative estimate of drug-likeness (QED) is 0.786. The van der Waals surface area contributed by atoms with Gasteiger partial charge in [0.1, 0.15) is 18.2 Å². The first-order valence-electron chi connectivity index (χ1n) is 5.32. The van der Waals surface area contributed by atoms with Crippen molar-refractivity contribution in [2.24, 2.45) is 0 Å². The molecular weight excluding hydrogens is 255 g/mol. The third-order valence-corrected chi connectivity index (χ3v) is 2.57. The normalized spacial score (nSPS) is 10.1. The average Bonchev–Trinajstić information content (AvgIpc) is 2.37. The Hall–Kier alpha value is -1.87. The highest BCUT2D eigenvalue weighted by atomic mass is 35.5. The Morgan fingerprint density at radius 1 is 1.17 bits per heavy atom. The predicted octanol–water partition coefficient (Wildman–Crippen LogP) is 3.78. The Balaban J connectivity index is 2.06. The molecule has 4 heteroatoms. The van der Waals surface area contributed by atoms with Crippen molar-refractivity contribution < 1.29 is 13.9 Å². The van der Waals surface area contributed by atoms with Crippen molar-refractivity contribution >= 4 is 16.8 Å². The van der Waals surface area contributed by atoms with Crippen LogP contribution in [0.5, 0.6) is 5.75 Å². The van der Waals surface area contributed by atoms with E-state index in [2.05, 4.69) is 0 Å². The maximum absolute atomic E-state index is 12.9. The Morgan fingerprint density at radius 3 is 2.67 bits per heavy atom. The molecular formula is C14H10ClFO2. The molecule has 0 atom stereocenters. The minimum Gasteiger partial charge on any atom is -0.489 e. The van der Waals surface area contributed by atoms with E-state index in [0.717, 1.165) is 5.56 Å². The average molecular weight is 265 g/mol. The van der Waals surface area contributed by atoms with Crippen LogP contribution in [0.3, 0.4) is 0 Å². The molecule has 92 valence electrons. The van der Waals surface area contributed by atoms with Crippen LogP contribution < -0.4 is 4.74 Å². The van der Waals surface area contributed by atoms with Crippen molar-refractivity contribution in [2.45, 2.75) is 6.61 Å². The second-order valence-electron chi connectivity index (χ2n) is 3.72. The van der Waals surface area contributed by atoms with E-state index < -0.39 is 5.24 Å². The van der Waals surface area contributed by atoms with Crippen LogP contribution in [0.4, 0.5) is 4.39 Å². The molecule has 0 aliphatic carbocycles. The van der Waals surface area contributed by atoms with E-state index in [4.69, 9.17) is 16.3 Å². The first kappa shape index (κ1) is 12.6. The largest absolute Gasteiger partial charge is 0.489 e. The van der Waals surface area contributed by atoms with Gasteiger partial charge in [0.2, 0.25) is 0 Å². The molecule has 0 saturated carbocycles. The molecule has 0 spiro atoms. The van der Waals surface area contributed by atoms with E-state index in [-0.39, 0.29) is 12.4 Å². The van der Waals surface area contributed by atoms with Gasteiger partial charge >= 0.3 is 0 Å². The molecule has 0 aliphatic heterocycles. The predicted molar refractivity (Wildman–Crippen MR) is 67.4 cm³/mol. The van der Waals surface area contributed by atoms with E-state index >= 15 is 0 Å².